The number of hydrogen-bond donors (Lipinski definition) is 2. The van der Waals surface area contributed by atoms with E-state index in [-0.39, 0.29) is 11.8 Å². The number of aromatic nitrogens is 2. The van der Waals surface area contributed by atoms with Crippen molar-refractivity contribution in [2.45, 2.75) is 22.6 Å². The summed E-state index contributed by atoms with van der Waals surface area (Å²) in [7, 11) is 0. The molecule has 2 N–H and O–H groups in total. The van der Waals surface area contributed by atoms with Crippen molar-refractivity contribution in [3.63, 3.8) is 0 Å². The zero-order chi connectivity index (χ0) is 18.6. The number of nitrogens with zero attached hydrogens (tertiary/aromatic N) is 2. The summed E-state index contributed by atoms with van der Waals surface area (Å²) in [6.45, 7) is 0.766. The fraction of sp³-hybridized carbons (Fsp3) is 0.211. The third kappa shape index (κ3) is 4.69. The molecule has 27 heavy (non-hydrogen) atoms. The van der Waals surface area contributed by atoms with Crippen LogP contribution in [0.2, 0.25) is 0 Å². The summed E-state index contributed by atoms with van der Waals surface area (Å²) in [5.41, 5.74) is 0.943. The zero-order valence-electron chi connectivity index (χ0n) is 14.3. The molecule has 138 valence electrons. The molecule has 1 saturated heterocycles. The summed E-state index contributed by atoms with van der Waals surface area (Å²) >= 11 is 6.68. The lowest BCUT2D eigenvalue weighted by Gasteiger charge is -2.09. The number of amides is 1. The Morgan fingerprint density at radius 2 is 2.19 bits per heavy atom. The van der Waals surface area contributed by atoms with Gasteiger partial charge < -0.3 is 10.6 Å². The van der Waals surface area contributed by atoms with E-state index in [2.05, 4.69) is 48.7 Å². The molecular formula is C19H17BrN4OS2. The minimum absolute atomic E-state index is 0.0370. The minimum atomic E-state index is 0.0370. The Morgan fingerprint density at radius 3 is 2.96 bits per heavy atom. The summed E-state index contributed by atoms with van der Waals surface area (Å²) in [4.78, 5) is 23.1. The Balaban J connectivity index is 1.50. The van der Waals surface area contributed by atoms with Gasteiger partial charge in [0.15, 0.2) is 5.13 Å². The van der Waals surface area contributed by atoms with Crippen molar-refractivity contribution in [1.29, 1.82) is 0 Å². The number of benzene rings is 1. The van der Waals surface area contributed by atoms with Gasteiger partial charge in [-0.2, -0.15) is 0 Å². The highest BCUT2D eigenvalue weighted by Gasteiger charge is 2.25. The maximum Gasteiger partial charge on any atom is 0.223 e. The third-order valence-corrected chi connectivity index (χ3v) is 6.46. The number of carbonyl (C=O) groups is 1. The second-order valence-electron chi connectivity index (χ2n) is 6.17. The van der Waals surface area contributed by atoms with Crippen molar-refractivity contribution >= 4 is 55.9 Å². The van der Waals surface area contributed by atoms with Crippen LogP contribution >= 0.6 is 39.0 Å². The highest BCUT2D eigenvalue weighted by molar-refractivity contribution is 9.10. The summed E-state index contributed by atoms with van der Waals surface area (Å²) in [5.74, 6) is 0.940. The van der Waals surface area contributed by atoms with Gasteiger partial charge in [-0.3, -0.25) is 4.79 Å². The lowest BCUT2D eigenvalue weighted by molar-refractivity contribution is -0.122. The quantitative estimate of drug-likeness (QED) is 0.548. The predicted octanol–water partition coefficient (Wildman–Crippen LogP) is 4.87. The molecule has 0 saturated carbocycles. The van der Waals surface area contributed by atoms with Gasteiger partial charge in [-0.1, -0.05) is 30.0 Å². The summed E-state index contributed by atoms with van der Waals surface area (Å²) in [6, 6.07) is 12.2. The number of rotatable bonds is 6. The third-order valence-electron chi connectivity index (χ3n) is 4.19. The van der Waals surface area contributed by atoms with Gasteiger partial charge in [0.1, 0.15) is 5.82 Å². The van der Waals surface area contributed by atoms with Crippen molar-refractivity contribution in [2.75, 3.05) is 11.9 Å². The Labute approximate surface area is 174 Å². The van der Waals surface area contributed by atoms with Gasteiger partial charge >= 0.3 is 0 Å². The van der Waals surface area contributed by atoms with Crippen molar-refractivity contribution in [1.82, 2.24) is 15.3 Å². The first-order chi connectivity index (χ1) is 13.2. The van der Waals surface area contributed by atoms with E-state index in [1.54, 1.807) is 18.0 Å². The molecule has 5 nitrogen and oxygen atoms in total. The molecule has 8 heteroatoms. The van der Waals surface area contributed by atoms with Gasteiger partial charge in [0.25, 0.3) is 0 Å². The molecule has 1 fully saturated rings. The minimum Gasteiger partial charge on any atom is -0.356 e. The van der Waals surface area contributed by atoms with E-state index in [0.29, 0.717) is 6.42 Å². The van der Waals surface area contributed by atoms with Crippen LogP contribution in [0, 0.1) is 5.92 Å². The molecule has 0 aliphatic carbocycles. The predicted molar refractivity (Wildman–Crippen MR) is 113 cm³/mol. The van der Waals surface area contributed by atoms with Crippen LogP contribution in [0.5, 0.6) is 0 Å². The highest BCUT2D eigenvalue weighted by Crippen LogP contribution is 2.35. The average Bonchev–Trinajstić information content (AvgIpc) is 3.28. The maximum atomic E-state index is 11.8. The smallest absolute Gasteiger partial charge is 0.223 e. The van der Waals surface area contributed by atoms with E-state index in [4.69, 9.17) is 0 Å². The Morgan fingerprint density at radius 1 is 1.33 bits per heavy atom. The number of anilines is 2. The highest BCUT2D eigenvalue weighted by atomic mass is 79.9. The molecule has 1 amide bonds. The van der Waals surface area contributed by atoms with E-state index in [1.165, 1.54) is 11.3 Å². The second-order valence-corrected chi connectivity index (χ2v) is 9.05. The fourth-order valence-electron chi connectivity index (χ4n) is 2.86. The fourth-order valence-corrected chi connectivity index (χ4v) is 5.00. The Bertz CT molecular complexity index is 948. The number of nitrogens with one attached hydrogen (secondary N) is 2. The molecule has 4 rings (SSSR count). The molecular weight excluding hydrogens is 444 g/mol. The van der Waals surface area contributed by atoms with Gasteiger partial charge in [0, 0.05) is 39.8 Å². The summed E-state index contributed by atoms with van der Waals surface area (Å²) in [6.07, 6.45) is 3.34. The largest absolute Gasteiger partial charge is 0.356 e. The van der Waals surface area contributed by atoms with Gasteiger partial charge in [0.05, 0.1) is 10.6 Å². The molecule has 1 aliphatic heterocycles. The van der Waals surface area contributed by atoms with Crippen LogP contribution in [0.25, 0.3) is 0 Å². The average molecular weight is 461 g/mol. The molecule has 1 atom stereocenters. The van der Waals surface area contributed by atoms with Crippen LogP contribution in [0.15, 0.2) is 62.2 Å². The van der Waals surface area contributed by atoms with E-state index in [0.717, 1.165) is 43.9 Å². The Kier molecular flexibility index (Phi) is 5.75. The Hall–Kier alpha value is -1.90. The zero-order valence-corrected chi connectivity index (χ0v) is 17.5. The standard InChI is InChI=1S/C19H17BrN4OS2/c20-13-9-16(27-15-4-2-1-3-5-15)17(22-10-13)24-19-23-14(11-26-19)8-12-6-7-21-18(12)25/h1-5,9-12H,6-8H2,(H,21,25)(H,22,23,24). The number of thiazole rings is 1. The van der Waals surface area contributed by atoms with E-state index in [1.807, 2.05) is 29.6 Å². The van der Waals surface area contributed by atoms with E-state index >= 15 is 0 Å². The van der Waals surface area contributed by atoms with Gasteiger partial charge in [-0.15, -0.1) is 11.3 Å². The van der Waals surface area contributed by atoms with Crippen LogP contribution in [0.4, 0.5) is 10.9 Å². The summed E-state index contributed by atoms with van der Waals surface area (Å²) < 4.78 is 0.929. The number of pyridine rings is 1. The maximum absolute atomic E-state index is 11.8. The van der Waals surface area contributed by atoms with Crippen LogP contribution in [-0.2, 0) is 11.2 Å². The first-order valence-corrected chi connectivity index (χ1v) is 11.0. The number of carbonyl (C=O) groups excluding carboxylic acids is 1. The molecule has 0 spiro atoms. The van der Waals surface area contributed by atoms with Crippen LogP contribution in [-0.4, -0.2) is 22.4 Å². The van der Waals surface area contributed by atoms with Crippen LogP contribution in [0.3, 0.4) is 0 Å². The number of hydrogen-bond acceptors (Lipinski definition) is 6. The second kappa shape index (κ2) is 8.41. The number of halogens is 1. The van der Waals surface area contributed by atoms with Crippen molar-refractivity contribution in [3.05, 3.63) is 58.1 Å². The van der Waals surface area contributed by atoms with Crippen molar-refractivity contribution in [2.24, 2.45) is 5.92 Å². The lowest BCUT2D eigenvalue weighted by Crippen LogP contribution is -2.20. The normalized spacial score (nSPS) is 16.3. The molecule has 2 aromatic heterocycles. The molecule has 1 aliphatic rings. The molecule has 1 unspecified atom stereocenters. The molecule has 1 aromatic carbocycles. The van der Waals surface area contributed by atoms with Crippen molar-refractivity contribution in [3.8, 4) is 0 Å². The van der Waals surface area contributed by atoms with Gasteiger partial charge in [-0.25, -0.2) is 9.97 Å². The van der Waals surface area contributed by atoms with Gasteiger partial charge in [0.2, 0.25) is 5.91 Å². The van der Waals surface area contributed by atoms with Crippen LogP contribution in [0.1, 0.15) is 12.1 Å². The molecule has 3 heterocycles. The first kappa shape index (κ1) is 18.5. The lowest BCUT2D eigenvalue weighted by atomic mass is 10.0. The first-order valence-electron chi connectivity index (χ1n) is 8.55. The monoisotopic (exact) mass is 460 g/mol. The van der Waals surface area contributed by atoms with E-state index in [9.17, 15) is 4.79 Å². The SMILES string of the molecule is O=C1NCCC1Cc1csc(Nc2ncc(Br)cc2Sc2ccccc2)n1. The van der Waals surface area contributed by atoms with Gasteiger partial charge in [-0.05, 0) is 40.5 Å². The van der Waals surface area contributed by atoms with Crippen LogP contribution < -0.4 is 10.6 Å². The molecule has 0 bridgehead atoms. The van der Waals surface area contributed by atoms with E-state index < -0.39 is 0 Å². The molecule has 3 aromatic rings. The molecule has 0 radical (unpaired) electrons. The van der Waals surface area contributed by atoms with Crippen molar-refractivity contribution < 1.29 is 4.79 Å². The summed E-state index contributed by atoms with van der Waals surface area (Å²) in [5, 5.41) is 9.00. The topological polar surface area (TPSA) is 66.9 Å².